The van der Waals surface area contributed by atoms with E-state index in [0.717, 1.165) is 0 Å². The van der Waals surface area contributed by atoms with Crippen LogP contribution in [0, 0.1) is 10.1 Å². The van der Waals surface area contributed by atoms with Crippen LogP contribution in [0.2, 0.25) is 5.02 Å². The summed E-state index contributed by atoms with van der Waals surface area (Å²) in [7, 11) is -2.29. The third-order valence-electron chi connectivity index (χ3n) is 4.75. The van der Waals surface area contributed by atoms with Crippen LogP contribution >= 0.6 is 11.6 Å². The van der Waals surface area contributed by atoms with E-state index < -0.39 is 14.9 Å². The molecule has 0 radical (unpaired) electrons. The van der Waals surface area contributed by atoms with E-state index in [-0.39, 0.29) is 60.8 Å². The number of non-ortho nitro benzene ring substituents is 1. The minimum atomic E-state index is -3.68. The fourth-order valence-corrected chi connectivity index (χ4v) is 4.60. The third-order valence-corrected chi connectivity index (χ3v) is 6.92. The van der Waals surface area contributed by atoms with Gasteiger partial charge in [0.25, 0.3) is 11.6 Å². The van der Waals surface area contributed by atoms with E-state index >= 15 is 0 Å². The number of carbonyl (C=O) groups is 1. The summed E-state index contributed by atoms with van der Waals surface area (Å²) in [5.74, 6) is -0.0246. The maximum atomic E-state index is 12.7. The first-order chi connectivity index (χ1) is 14.7. The average Bonchev–Trinajstić information content (AvgIpc) is 2.77. The van der Waals surface area contributed by atoms with Crippen molar-refractivity contribution < 1.29 is 27.6 Å². The first-order valence-electron chi connectivity index (χ1n) is 9.21. The topological polar surface area (TPSA) is 119 Å². The van der Waals surface area contributed by atoms with Gasteiger partial charge in [0.05, 0.1) is 23.0 Å². The quantitative estimate of drug-likeness (QED) is 0.450. The van der Waals surface area contributed by atoms with E-state index in [4.69, 9.17) is 21.1 Å². The Labute approximate surface area is 184 Å². The molecule has 2 aromatic rings. The van der Waals surface area contributed by atoms with Crippen molar-refractivity contribution in [3.05, 3.63) is 57.6 Å². The highest BCUT2D eigenvalue weighted by atomic mass is 35.5. The zero-order valence-electron chi connectivity index (χ0n) is 16.6. The molecule has 166 valence electrons. The maximum Gasteiger partial charge on any atom is 0.273 e. The van der Waals surface area contributed by atoms with E-state index in [1.165, 1.54) is 58.8 Å². The van der Waals surface area contributed by atoms with Gasteiger partial charge in [0.1, 0.15) is 0 Å². The van der Waals surface area contributed by atoms with Crippen molar-refractivity contribution >= 4 is 33.2 Å². The second-order valence-electron chi connectivity index (χ2n) is 6.62. The smallest absolute Gasteiger partial charge is 0.273 e. The summed E-state index contributed by atoms with van der Waals surface area (Å²) in [6.07, 6.45) is 0. The fraction of sp³-hybridized carbons (Fsp3) is 0.316. The zero-order valence-corrected chi connectivity index (χ0v) is 18.1. The molecule has 0 aliphatic carbocycles. The summed E-state index contributed by atoms with van der Waals surface area (Å²) in [4.78, 5) is 24.5. The van der Waals surface area contributed by atoms with Gasteiger partial charge in [-0.05, 0) is 30.3 Å². The number of nitro groups is 1. The number of hydrogen-bond donors (Lipinski definition) is 0. The Morgan fingerprint density at radius 1 is 1.10 bits per heavy atom. The van der Waals surface area contributed by atoms with E-state index in [1.54, 1.807) is 0 Å². The van der Waals surface area contributed by atoms with Crippen molar-refractivity contribution in [3.8, 4) is 11.5 Å². The van der Waals surface area contributed by atoms with Gasteiger partial charge in [-0.1, -0.05) is 11.6 Å². The zero-order chi connectivity index (χ0) is 22.6. The molecule has 1 fully saturated rings. The summed E-state index contributed by atoms with van der Waals surface area (Å²) < 4.78 is 37.3. The van der Waals surface area contributed by atoms with Crippen molar-refractivity contribution in [1.82, 2.24) is 9.21 Å². The van der Waals surface area contributed by atoms with Gasteiger partial charge in [-0.2, -0.15) is 4.31 Å². The second kappa shape index (κ2) is 9.50. The molecule has 10 nitrogen and oxygen atoms in total. The molecule has 31 heavy (non-hydrogen) atoms. The molecule has 12 heteroatoms. The minimum Gasteiger partial charge on any atom is -0.493 e. The summed E-state index contributed by atoms with van der Waals surface area (Å²) in [5, 5.41) is 11.4. The Morgan fingerprint density at radius 2 is 1.74 bits per heavy atom. The summed E-state index contributed by atoms with van der Waals surface area (Å²) in [5.41, 5.74) is -0.190. The van der Waals surface area contributed by atoms with Crippen molar-refractivity contribution in [2.24, 2.45) is 0 Å². The van der Waals surface area contributed by atoms with Crippen molar-refractivity contribution in [2.45, 2.75) is 4.90 Å². The third kappa shape index (κ3) is 5.24. The first kappa shape index (κ1) is 22.8. The van der Waals surface area contributed by atoms with Gasteiger partial charge >= 0.3 is 0 Å². The molecule has 0 atom stereocenters. The van der Waals surface area contributed by atoms with Gasteiger partial charge in [0.15, 0.2) is 18.1 Å². The number of ether oxygens (including phenoxy) is 2. The van der Waals surface area contributed by atoms with E-state index in [2.05, 4.69) is 0 Å². The van der Waals surface area contributed by atoms with Gasteiger partial charge < -0.3 is 14.4 Å². The van der Waals surface area contributed by atoms with Crippen LogP contribution in [0.5, 0.6) is 11.5 Å². The minimum absolute atomic E-state index is 0.0778. The van der Waals surface area contributed by atoms with Crippen LogP contribution in [-0.2, 0) is 14.8 Å². The molecule has 2 aromatic carbocycles. The van der Waals surface area contributed by atoms with Crippen molar-refractivity contribution in [3.63, 3.8) is 0 Å². The molecule has 3 rings (SSSR count). The molecular weight excluding hydrogens is 450 g/mol. The normalized spacial score (nSPS) is 14.8. The van der Waals surface area contributed by atoms with Crippen molar-refractivity contribution in [2.75, 3.05) is 39.9 Å². The van der Waals surface area contributed by atoms with Crippen LogP contribution < -0.4 is 9.47 Å². The van der Waals surface area contributed by atoms with Crippen LogP contribution in [0.1, 0.15) is 0 Å². The molecule has 0 saturated carbocycles. The molecule has 1 amide bonds. The second-order valence-corrected chi connectivity index (χ2v) is 8.99. The predicted molar refractivity (Wildman–Crippen MR) is 112 cm³/mol. The number of nitrogens with zero attached hydrogens (tertiary/aromatic N) is 3. The summed E-state index contributed by atoms with van der Waals surface area (Å²) in [6, 6.07) is 9.74. The molecule has 0 unspecified atom stereocenters. The number of sulfonamides is 1. The van der Waals surface area contributed by atoms with Crippen molar-refractivity contribution in [1.29, 1.82) is 0 Å². The van der Waals surface area contributed by atoms with E-state index in [9.17, 15) is 23.3 Å². The Hall–Kier alpha value is -2.89. The SMILES string of the molecule is COc1ccc([N+](=O)[O-])cc1OCC(=O)N1CCN(S(=O)(=O)c2ccc(Cl)cc2)CC1. The van der Waals surface area contributed by atoms with Gasteiger partial charge in [-0.15, -0.1) is 0 Å². The van der Waals surface area contributed by atoms with Crippen LogP contribution in [0.15, 0.2) is 47.4 Å². The number of nitro benzene ring substituents is 1. The lowest BCUT2D eigenvalue weighted by molar-refractivity contribution is -0.385. The highest BCUT2D eigenvalue weighted by Crippen LogP contribution is 2.31. The molecule has 1 heterocycles. The number of methoxy groups -OCH3 is 1. The van der Waals surface area contributed by atoms with Crippen LogP contribution in [-0.4, -0.2) is 68.3 Å². The van der Waals surface area contributed by atoms with Gasteiger partial charge in [0, 0.05) is 37.3 Å². The largest absolute Gasteiger partial charge is 0.493 e. The lowest BCUT2D eigenvalue weighted by Crippen LogP contribution is -2.51. The molecular formula is C19H20ClN3O7S. The number of halogens is 1. The number of benzene rings is 2. The molecule has 0 N–H and O–H groups in total. The lowest BCUT2D eigenvalue weighted by atomic mass is 10.3. The molecule has 0 bridgehead atoms. The monoisotopic (exact) mass is 469 g/mol. The first-order valence-corrected chi connectivity index (χ1v) is 11.0. The molecule has 1 aliphatic heterocycles. The number of amides is 1. The van der Waals surface area contributed by atoms with Gasteiger partial charge in [-0.3, -0.25) is 14.9 Å². The maximum absolute atomic E-state index is 12.7. The van der Waals surface area contributed by atoms with Crippen LogP contribution in [0.4, 0.5) is 5.69 Å². The Morgan fingerprint density at radius 3 is 2.32 bits per heavy atom. The van der Waals surface area contributed by atoms with Crippen LogP contribution in [0.3, 0.4) is 0 Å². The van der Waals surface area contributed by atoms with Gasteiger partial charge in [0.2, 0.25) is 10.0 Å². The van der Waals surface area contributed by atoms with E-state index in [1.807, 2.05) is 0 Å². The lowest BCUT2D eigenvalue weighted by Gasteiger charge is -2.34. The highest BCUT2D eigenvalue weighted by Gasteiger charge is 2.30. The number of carbonyl (C=O) groups excluding carboxylic acids is 1. The molecule has 0 aromatic heterocycles. The predicted octanol–water partition coefficient (Wildman–Crippen LogP) is 2.17. The number of rotatable bonds is 7. The highest BCUT2D eigenvalue weighted by molar-refractivity contribution is 7.89. The summed E-state index contributed by atoms with van der Waals surface area (Å²) >= 11 is 5.81. The van der Waals surface area contributed by atoms with E-state index in [0.29, 0.717) is 5.02 Å². The van der Waals surface area contributed by atoms with Crippen LogP contribution in [0.25, 0.3) is 0 Å². The molecule has 0 spiro atoms. The average molecular weight is 470 g/mol. The summed E-state index contributed by atoms with van der Waals surface area (Å²) in [6.45, 7) is 0.303. The fourth-order valence-electron chi connectivity index (χ4n) is 3.06. The van der Waals surface area contributed by atoms with Gasteiger partial charge in [-0.25, -0.2) is 8.42 Å². The standard InChI is InChI=1S/C19H20ClN3O7S/c1-29-17-7-4-15(23(25)26)12-18(17)30-13-19(24)21-8-10-22(11-9-21)31(27,28)16-5-2-14(20)3-6-16/h2-7,12H,8-11,13H2,1H3. The Kier molecular flexibility index (Phi) is 6.98. The Balaban J connectivity index is 1.59. The number of piperazine rings is 1. The molecule has 1 saturated heterocycles. The number of hydrogen-bond acceptors (Lipinski definition) is 7. The Bertz CT molecular complexity index is 1070. The molecule has 1 aliphatic rings.